The molecule has 98 valence electrons. The summed E-state index contributed by atoms with van der Waals surface area (Å²) in [6.07, 6.45) is 1.13. The van der Waals surface area contributed by atoms with Gasteiger partial charge < -0.3 is 10.2 Å². The first-order valence-electron chi connectivity index (χ1n) is 6.53. The third-order valence-corrected chi connectivity index (χ3v) is 3.42. The van der Waals surface area contributed by atoms with Crippen LogP contribution in [0.15, 0.2) is 22.6 Å². The molecule has 1 atom stereocenters. The molecule has 0 saturated carbocycles. The highest BCUT2D eigenvalue weighted by Gasteiger charge is 2.14. The fraction of sp³-hybridized carbons (Fsp3) is 0.500. The fourth-order valence-corrected chi connectivity index (χ4v) is 2.07. The smallest absolute Gasteiger partial charge is 0.209 e. The van der Waals surface area contributed by atoms with Crippen LogP contribution in [0.5, 0.6) is 0 Å². The summed E-state index contributed by atoms with van der Waals surface area (Å²) in [6.45, 7) is 8.33. The van der Waals surface area contributed by atoms with E-state index in [0.29, 0.717) is 11.7 Å². The molecule has 1 aromatic carbocycles. The maximum absolute atomic E-state index is 5.74. The number of rotatable bonds is 5. The van der Waals surface area contributed by atoms with Crippen LogP contribution < -0.4 is 5.73 Å². The molecule has 0 amide bonds. The first kappa shape index (κ1) is 12.9. The Morgan fingerprint density at radius 1 is 1.39 bits per heavy atom. The first-order chi connectivity index (χ1) is 8.63. The van der Waals surface area contributed by atoms with Gasteiger partial charge in [-0.25, -0.2) is 4.98 Å². The summed E-state index contributed by atoms with van der Waals surface area (Å²) in [6, 6.07) is 6.11. The van der Waals surface area contributed by atoms with Crippen molar-refractivity contribution in [1.29, 1.82) is 0 Å². The third-order valence-electron chi connectivity index (χ3n) is 3.42. The van der Waals surface area contributed by atoms with Gasteiger partial charge in [0.1, 0.15) is 5.52 Å². The van der Waals surface area contributed by atoms with Gasteiger partial charge in [0.2, 0.25) is 5.89 Å². The van der Waals surface area contributed by atoms with E-state index in [1.807, 2.05) is 18.2 Å². The van der Waals surface area contributed by atoms with E-state index in [0.717, 1.165) is 36.5 Å². The monoisotopic (exact) mass is 247 g/mol. The minimum Gasteiger partial charge on any atom is -0.439 e. The van der Waals surface area contributed by atoms with Crippen molar-refractivity contribution >= 4 is 16.8 Å². The van der Waals surface area contributed by atoms with E-state index < -0.39 is 0 Å². The lowest BCUT2D eigenvalue weighted by atomic mass is 10.2. The molecule has 0 radical (unpaired) electrons. The van der Waals surface area contributed by atoms with E-state index in [-0.39, 0.29) is 0 Å². The molecule has 2 aromatic rings. The van der Waals surface area contributed by atoms with E-state index in [1.54, 1.807) is 0 Å². The lowest BCUT2D eigenvalue weighted by Gasteiger charge is -2.25. The summed E-state index contributed by atoms with van der Waals surface area (Å²) in [4.78, 5) is 6.85. The van der Waals surface area contributed by atoms with Crippen LogP contribution in [0, 0.1) is 0 Å². The summed E-state index contributed by atoms with van der Waals surface area (Å²) in [7, 11) is 0. The predicted molar refractivity (Wildman–Crippen MR) is 74.3 cm³/mol. The molecule has 0 spiro atoms. The summed E-state index contributed by atoms with van der Waals surface area (Å²) < 4.78 is 5.74. The summed E-state index contributed by atoms with van der Waals surface area (Å²) in [5, 5.41) is 0. The second-order valence-corrected chi connectivity index (χ2v) is 4.66. The van der Waals surface area contributed by atoms with Crippen LogP contribution in [0.25, 0.3) is 11.1 Å². The number of anilines is 1. The van der Waals surface area contributed by atoms with Gasteiger partial charge >= 0.3 is 0 Å². The molecule has 0 saturated heterocycles. The highest BCUT2D eigenvalue weighted by Crippen LogP contribution is 2.20. The van der Waals surface area contributed by atoms with Gasteiger partial charge in [0.15, 0.2) is 5.58 Å². The lowest BCUT2D eigenvalue weighted by molar-refractivity contribution is 0.188. The van der Waals surface area contributed by atoms with Crippen molar-refractivity contribution in [3.05, 3.63) is 24.1 Å². The first-order valence-corrected chi connectivity index (χ1v) is 6.53. The molecule has 1 unspecified atom stereocenters. The van der Waals surface area contributed by atoms with Crippen molar-refractivity contribution in [2.24, 2.45) is 0 Å². The Morgan fingerprint density at radius 2 is 2.17 bits per heavy atom. The Hall–Kier alpha value is -1.55. The number of nitrogens with zero attached hydrogens (tertiary/aromatic N) is 2. The molecule has 4 nitrogen and oxygen atoms in total. The molecule has 0 bridgehead atoms. The number of fused-ring (bicyclic) bond motifs is 1. The van der Waals surface area contributed by atoms with Gasteiger partial charge in [0.05, 0.1) is 6.54 Å². The highest BCUT2D eigenvalue weighted by molar-refractivity contribution is 5.76. The maximum atomic E-state index is 5.74. The Bertz CT molecular complexity index is 521. The lowest BCUT2D eigenvalue weighted by Crippen LogP contribution is -2.31. The van der Waals surface area contributed by atoms with Gasteiger partial charge in [-0.2, -0.15) is 0 Å². The standard InChI is InChI=1S/C14H21N3O/c1-4-10(3)17(5-2)9-14-16-12-7-6-11(15)8-13(12)18-14/h6-8,10H,4-5,9,15H2,1-3H3. The second kappa shape index (κ2) is 5.40. The maximum Gasteiger partial charge on any atom is 0.209 e. The SMILES string of the molecule is CCC(C)N(CC)Cc1nc2ccc(N)cc2o1. The molecule has 4 heteroatoms. The van der Waals surface area contributed by atoms with Crippen molar-refractivity contribution < 1.29 is 4.42 Å². The average Bonchev–Trinajstić information content (AvgIpc) is 2.76. The number of nitrogen functional groups attached to an aromatic ring is 1. The summed E-state index contributed by atoms with van der Waals surface area (Å²) in [5.41, 5.74) is 8.08. The van der Waals surface area contributed by atoms with Crippen LogP contribution in [0.1, 0.15) is 33.1 Å². The molecule has 1 aromatic heterocycles. The van der Waals surface area contributed by atoms with Gasteiger partial charge in [-0.05, 0) is 32.0 Å². The van der Waals surface area contributed by atoms with Crippen molar-refractivity contribution in [2.45, 2.75) is 39.8 Å². The molecular formula is C14H21N3O. The number of aromatic nitrogens is 1. The second-order valence-electron chi connectivity index (χ2n) is 4.66. The average molecular weight is 247 g/mol. The van der Waals surface area contributed by atoms with Gasteiger partial charge in [-0.15, -0.1) is 0 Å². The molecule has 2 N–H and O–H groups in total. The van der Waals surface area contributed by atoms with E-state index in [1.165, 1.54) is 0 Å². The number of hydrogen-bond acceptors (Lipinski definition) is 4. The number of hydrogen-bond donors (Lipinski definition) is 1. The molecule has 0 fully saturated rings. The Balaban J connectivity index is 2.20. The fourth-order valence-electron chi connectivity index (χ4n) is 2.07. The molecule has 2 rings (SSSR count). The van der Waals surface area contributed by atoms with E-state index in [4.69, 9.17) is 10.2 Å². The minimum absolute atomic E-state index is 0.537. The zero-order valence-corrected chi connectivity index (χ0v) is 11.3. The summed E-state index contributed by atoms with van der Waals surface area (Å²) in [5.74, 6) is 0.762. The van der Waals surface area contributed by atoms with Crippen molar-refractivity contribution in [1.82, 2.24) is 9.88 Å². The minimum atomic E-state index is 0.537. The number of benzene rings is 1. The molecule has 0 aliphatic rings. The van der Waals surface area contributed by atoms with Crippen LogP contribution in [-0.2, 0) is 6.54 Å². The molecule has 0 aliphatic carbocycles. The normalized spacial score (nSPS) is 13.3. The van der Waals surface area contributed by atoms with Gasteiger partial charge in [-0.1, -0.05) is 13.8 Å². The van der Waals surface area contributed by atoms with Crippen molar-refractivity contribution in [3.63, 3.8) is 0 Å². The van der Waals surface area contributed by atoms with Crippen LogP contribution in [0.4, 0.5) is 5.69 Å². The largest absolute Gasteiger partial charge is 0.439 e. The zero-order chi connectivity index (χ0) is 13.1. The molecular weight excluding hydrogens is 226 g/mol. The number of oxazole rings is 1. The van der Waals surface area contributed by atoms with Crippen LogP contribution >= 0.6 is 0 Å². The Morgan fingerprint density at radius 3 is 2.83 bits per heavy atom. The molecule has 18 heavy (non-hydrogen) atoms. The summed E-state index contributed by atoms with van der Waals surface area (Å²) >= 11 is 0. The van der Waals surface area contributed by atoms with Crippen molar-refractivity contribution in [3.8, 4) is 0 Å². The van der Waals surface area contributed by atoms with Crippen LogP contribution in [0.2, 0.25) is 0 Å². The van der Waals surface area contributed by atoms with E-state index in [2.05, 4.69) is 30.7 Å². The van der Waals surface area contributed by atoms with Gasteiger partial charge in [-0.3, -0.25) is 4.90 Å². The van der Waals surface area contributed by atoms with Gasteiger partial charge in [0.25, 0.3) is 0 Å². The number of nitrogens with two attached hydrogens (primary N) is 1. The van der Waals surface area contributed by atoms with Crippen molar-refractivity contribution in [2.75, 3.05) is 12.3 Å². The van der Waals surface area contributed by atoms with E-state index >= 15 is 0 Å². The quantitative estimate of drug-likeness (QED) is 0.825. The third kappa shape index (κ3) is 2.64. The Labute approximate surface area is 108 Å². The topological polar surface area (TPSA) is 55.3 Å². The highest BCUT2D eigenvalue weighted by atomic mass is 16.3. The van der Waals surface area contributed by atoms with Gasteiger partial charge in [0, 0.05) is 17.8 Å². The molecule has 0 aliphatic heterocycles. The van der Waals surface area contributed by atoms with Crippen LogP contribution in [0.3, 0.4) is 0 Å². The van der Waals surface area contributed by atoms with Crippen LogP contribution in [-0.4, -0.2) is 22.5 Å². The zero-order valence-electron chi connectivity index (χ0n) is 11.3. The van der Waals surface area contributed by atoms with E-state index in [9.17, 15) is 0 Å². The molecule has 1 heterocycles. The Kier molecular flexibility index (Phi) is 3.87. The predicted octanol–water partition coefficient (Wildman–Crippen LogP) is 3.03.